The molecule has 12 heteroatoms. The number of hydrogen-bond donors (Lipinski definition) is 1. The first-order valence-corrected chi connectivity index (χ1v) is 12.9. The zero-order valence-electron chi connectivity index (χ0n) is 21.6. The Labute approximate surface area is 228 Å². The monoisotopic (exact) mass is 563 g/mol. The number of piperidine rings is 1. The van der Waals surface area contributed by atoms with Crippen LogP contribution in [0.1, 0.15) is 42.6 Å². The van der Waals surface area contributed by atoms with E-state index >= 15 is 0 Å². The van der Waals surface area contributed by atoms with E-state index < -0.39 is 30.1 Å². The average Bonchev–Trinajstić information content (AvgIpc) is 3.28. The van der Waals surface area contributed by atoms with Crippen LogP contribution in [0.4, 0.5) is 13.2 Å². The Morgan fingerprint density at radius 2 is 1.97 bits per heavy atom. The van der Waals surface area contributed by atoms with Gasteiger partial charge in [0.1, 0.15) is 12.4 Å². The standard InChI is InChI=1S/C27H29ClF3N5O3/c1-17(2)35(14-23(37)32-12-19-5-3-6-21(28)25(19)29)24(38)15-36-22-8-7-18(11-20(22)13-33-36)26(39)34-10-4-9-27(30,31)16-34/h3,5-8,11,13,17H,4,9-10,12,14-16H2,1-2H3,(H,32,37). The second kappa shape index (κ2) is 11.6. The smallest absolute Gasteiger partial charge is 0.265 e. The molecule has 1 fully saturated rings. The fourth-order valence-electron chi connectivity index (χ4n) is 4.54. The van der Waals surface area contributed by atoms with Crippen molar-refractivity contribution in [2.24, 2.45) is 0 Å². The van der Waals surface area contributed by atoms with Gasteiger partial charge in [-0.05, 0) is 44.5 Å². The third-order valence-electron chi connectivity index (χ3n) is 6.62. The normalized spacial score (nSPS) is 15.0. The maximum absolute atomic E-state index is 14.1. The van der Waals surface area contributed by atoms with Crippen molar-refractivity contribution >= 4 is 40.2 Å². The lowest BCUT2D eigenvalue weighted by Gasteiger charge is -2.32. The molecule has 0 spiro atoms. The number of aromatic nitrogens is 2. The number of carbonyl (C=O) groups excluding carboxylic acids is 3. The minimum absolute atomic E-state index is 0.0447. The number of nitrogens with one attached hydrogen (secondary N) is 1. The Morgan fingerprint density at radius 1 is 1.21 bits per heavy atom. The minimum Gasteiger partial charge on any atom is -0.350 e. The summed E-state index contributed by atoms with van der Waals surface area (Å²) < 4.78 is 43.1. The van der Waals surface area contributed by atoms with Crippen LogP contribution in [0.5, 0.6) is 0 Å². The minimum atomic E-state index is -2.89. The highest BCUT2D eigenvalue weighted by molar-refractivity contribution is 6.30. The predicted molar refractivity (Wildman–Crippen MR) is 140 cm³/mol. The van der Waals surface area contributed by atoms with E-state index in [1.165, 1.54) is 34.0 Å². The van der Waals surface area contributed by atoms with Crippen molar-refractivity contribution in [2.75, 3.05) is 19.6 Å². The number of carbonyl (C=O) groups is 3. The van der Waals surface area contributed by atoms with Crippen LogP contribution in [0.2, 0.25) is 5.02 Å². The van der Waals surface area contributed by atoms with E-state index in [1.54, 1.807) is 32.0 Å². The van der Waals surface area contributed by atoms with Gasteiger partial charge in [0.25, 0.3) is 11.8 Å². The zero-order chi connectivity index (χ0) is 28.3. The van der Waals surface area contributed by atoms with Crippen LogP contribution in [0.3, 0.4) is 0 Å². The molecule has 0 radical (unpaired) electrons. The van der Waals surface area contributed by atoms with E-state index in [-0.39, 0.29) is 67.1 Å². The quantitative estimate of drug-likeness (QED) is 0.444. The van der Waals surface area contributed by atoms with Crippen molar-refractivity contribution in [3.8, 4) is 0 Å². The van der Waals surface area contributed by atoms with Gasteiger partial charge in [0.2, 0.25) is 11.8 Å². The summed E-state index contributed by atoms with van der Waals surface area (Å²) in [4.78, 5) is 41.0. The van der Waals surface area contributed by atoms with Crippen molar-refractivity contribution in [3.05, 3.63) is 64.6 Å². The molecule has 4 rings (SSSR count). The van der Waals surface area contributed by atoms with Gasteiger partial charge in [0, 0.05) is 42.1 Å². The highest BCUT2D eigenvalue weighted by Crippen LogP contribution is 2.28. The van der Waals surface area contributed by atoms with Crippen molar-refractivity contribution in [3.63, 3.8) is 0 Å². The van der Waals surface area contributed by atoms with Gasteiger partial charge in [-0.15, -0.1) is 0 Å². The summed E-state index contributed by atoms with van der Waals surface area (Å²) in [7, 11) is 0. The Hall–Kier alpha value is -3.60. The van der Waals surface area contributed by atoms with Crippen LogP contribution in [0.15, 0.2) is 42.6 Å². The molecule has 2 heterocycles. The van der Waals surface area contributed by atoms with Crippen LogP contribution in [0.25, 0.3) is 10.9 Å². The summed E-state index contributed by atoms with van der Waals surface area (Å²) in [6, 6.07) is 8.92. The Bertz CT molecular complexity index is 1390. The number of likely N-dealkylation sites (tertiary alicyclic amines) is 1. The molecule has 1 saturated heterocycles. The molecule has 39 heavy (non-hydrogen) atoms. The highest BCUT2D eigenvalue weighted by Gasteiger charge is 2.37. The molecule has 0 unspecified atom stereocenters. The SMILES string of the molecule is CC(C)N(CC(=O)NCc1cccc(Cl)c1F)C(=O)Cn1ncc2cc(C(=O)N3CCCC(F)(F)C3)ccc21. The molecule has 3 amide bonds. The van der Waals surface area contributed by atoms with Crippen molar-refractivity contribution < 1.29 is 27.6 Å². The fourth-order valence-corrected chi connectivity index (χ4v) is 4.73. The van der Waals surface area contributed by atoms with Crippen LogP contribution in [-0.2, 0) is 22.7 Å². The molecule has 3 aromatic rings. The number of amides is 3. The second-order valence-electron chi connectivity index (χ2n) is 9.87. The summed E-state index contributed by atoms with van der Waals surface area (Å²) in [5.41, 5.74) is 1.07. The van der Waals surface area contributed by atoms with E-state index in [0.29, 0.717) is 10.9 Å². The fraction of sp³-hybridized carbons (Fsp3) is 0.407. The van der Waals surface area contributed by atoms with Gasteiger partial charge in [0.15, 0.2) is 0 Å². The maximum Gasteiger partial charge on any atom is 0.265 e. The molecule has 0 aliphatic carbocycles. The predicted octanol–water partition coefficient (Wildman–Crippen LogP) is 4.25. The first-order chi connectivity index (χ1) is 18.4. The zero-order valence-corrected chi connectivity index (χ0v) is 22.3. The van der Waals surface area contributed by atoms with Gasteiger partial charge in [-0.1, -0.05) is 23.7 Å². The molecule has 0 atom stereocenters. The number of benzene rings is 2. The molecule has 8 nitrogen and oxygen atoms in total. The van der Waals surface area contributed by atoms with Gasteiger partial charge in [-0.3, -0.25) is 19.1 Å². The number of halogens is 4. The molecule has 2 aromatic carbocycles. The van der Waals surface area contributed by atoms with E-state index in [0.717, 1.165) is 4.90 Å². The Balaban J connectivity index is 1.41. The summed E-state index contributed by atoms with van der Waals surface area (Å²) in [6.45, 7) is 2.72. The lowest BCUT2D eigenvalue weighted by Crippen LogP contribution is -2.45. The molecular weight excluding hydrogens is 535 g/mol. The summed E-state index contributed by atoms with van der Waals surface area (Å²) in [5, 5.41) is 7.40. The Kier molecular flexibility index (Phi) is 8.48. The first kappa shape index (κ1) is 28.4. The van der Waals surface area contributed by atoms with E-state index in [9.17, 15) is 27.6 Å². The topological polar surface area (TPSA) is 87.5 Å². The second-order valence-corrected chi connectivity index (χ2v) is 10.3. The lowest BCUT2D eigenvalue weighted by atomic mass is 10.1. The first-order valence-electron chi connectivity index (χ1n) is 12.6. The largest absolute Gasteiger partial charge is 0.350 e. The van der Waals surface area contributed by atoms with Gasteiger partial charge in [-0.25, -0.2) is 13.2 Å². The van der Waals surface area contributed by atoms with E-state index in [4.69, 9.17) is 11.6 Å². The Morgan fingerprint density at radius 3 is 2.69 bits per heavy atom. The summed E-state index contributed by atoms with van der Waals surface area (Å²) >= 11 is 5.78. The van der Waals surface area contributed by atoms with Crippen molar-refractivity contribution in [1.29, 1.82) is 0 Å². The number of rotatable bonds is 8. The highest BCUT2D eigenvalue weighted by atomic mass is 35.5. The lowest BCUT2D eigenvalue weighted by molar-refractivity contribution is -0.138. The third-order valence-corrected chi connectivity index (χ3v) is 6.91. The van der Waals surface area contributed by atoms with Crippen LogP contribution in [0, 0.1) is 5.82 Å². The number of hydrogen-bond acceptors (Lipinski definition) is 4. The van der Waals surface area contributed by atoms with Crippen LogP contribution < -0.4 is 5.32 Å². The van der Waals surface area contributed by atoms with Gasteiger partial charge >= 0.3 is 0 Å². The van der Waals surface area contributed by atoms with Gasteiger partial charge in [-0.2, -0.15) is 5.10 Å². The average molecular weight is 564 g/mol. The molecule has 1 N–H and O–H groups in total. The van der Waals surface area contributed by atoms with Crippen LogP contribution >= 0.6 is 11.6 Å². The maximum atomic E-state index is 14.1. The van der Waals surface area contributed by atoms with Crippen LogP contribution in [-0.4, -0.2) is 68.9 Å². The number of fused-ring (bicyclic) bond motifs is 1. The molecule has 0 bridgehead atoms. The molecule has 0 saturated carbocycles. The van der Waals surface area contributed by atoms with E-state index in [2.05, 4.69) is 10.4 Å². The molecule has 1 aliphatic heterocycles. The molecule has 1 aliphatic rings. The number of alkyl halides is 2. The molecular formula is C27H29ClF3N5O3. The summed E-state index contributed by atoms with van der Waals surface area (Å²) in [6.07, 6.45) is 1.51. The number of nitrogens with zero attached hydrogens (tertiary/aromatic N) is 4. The molecule has 1 aromatic heterocycles. The van der Waals surface area contributed by atoms with Gasteiger partial charge in [0.05, 0.1) is 29.8 Å². The van der Waals surface area contributed by atoms with Gasteiger partial charge < -0.3 is 15.1 Å². The van der Waals surface area contributed by atoms with E-state index in [1.807, 2.05) is 0 Å². The summed E-state index contributed by atoms with van der Waals surface area (Å²) in [5.74, 6) is -4.81. The van der Waals surface area contributed by atoms with Crippen molar-refractivity contribution in [1.82, 2.24) is 24.9 Å². The van der Waals surface area contributed by atoms with Crippen molar-refractivity contribution in [2.45, 2.75) is 51.7 Å². The third kappa shape index (κ3) is 6.70. The molecule has 208 valence electrons.